The molecule has 1 aliphatic heterocycles. The highest BCUT2D eigenvalue weighted by molar-refractivity contribution is 5.80. The number of nitrogens with zero attached hydrogens (tertiary/aromatic N) is 1. The topological polar surface area (TPSA) is 46.3 Å². The first-order valence-corrected chi connectivity index (χ1v) is 5.69. The number of carbonyl (C=O) groups is 1. The van der Waals surface area contributed by atoms with Gasteiger partial charge in [-0.1, -0.05) is 19.3 Å². The highest BCUT2D eigenvalue weighted by Crippen LogP contribution is 2.39. The highest BCUT2D eigenvalue weighted by Gasteiger charge is 2.40. The molecule has 2 N–H and O–H groups in total. The summed E-state index contributed by atoms with van der Waals surface area (Å²) in [4.78, 5) is 13.7. The molecule has 0 aromatic rings. The second-order valence-corrected chi connectivity index (χ2v) is 4.75. The van der Waals surface area contributed by atoms with Gasteiger partial charge in [0.2, 0.25) is 5.91 Å². The smallest absolute Gasteiger partial charge is 0.225 e. The van der Waals surface area contributed by atoms with Gasteiger partial charge in [-0.15, -0.1) is 0 Å². The molecule has 1 saturated heterocycles. The van der Waals surface area contributed by atoms with E-state index in [2.05, 4.69) is 0 Å². The lowest BCUT2D eigenvalue weighted by Crippen LogP contribution is -2.37. The zero-order valence-corrected chi connectivity index (χ0v) is 8.91. The molecule has 2 fully saturated rings. The van der Waals surface area contributed by atoms with Crippen molar-refractivity contribution in [3.63, 3.8) is 0 Å². The average molecular weight is 196 g/mol. The van der Waals surface area contributed by atoms with Crippen LogP contribution in [0.2, 0.25) is 0 Å². The van der Waals surface area contributed by atoms with Gasteiger partial charge in [-0.05, 0) is 24.8 Å². The minimum Gasteiger partial charge on any atom is -0.345 e. The van der Waals surface area contributed by atoms with Crippen LogP contribution >= 0.6 is 0 Å². The summed E-state index contributed by atoms with van der Waals surface area (Å²) in [5.41, 5.74) is 5.80. The van der Waals surface area contributed by atoms with Gasteiger partial charge in [-0.3, -0.25) is 4.79 Å². The number of carbonyl (C=O) groups excluding carboxylic acids is 1. The highest BCUT2D eigenvalue weighted by atomic mass is 16.2. The van der Waals surface area contributed by atoms with Crippen LogP contribution in [0, 0.1) is 17.8 Å². The number of nitrogens with two attached hydrogens (primary N) is 1. The Bertz CT molecular complexity index is 225. The van der Waals surface area contributed by atoms with Crippen LogP contribution in [0.15, 0.2) is 0 Å². The Hall–Kier alpha value is -0.570. The van der Waals surface area contributed by atoms with Crippen molar-refractivity contribution in [1.82, 2.24) is 4.90 Å². The van der Waals surface area contributed by atoms with Crippen LogP contribution in [0.3, 0.4) is 0 Å². The third-order valence-corrected chi connectivity index (χ3v) is 4.01. The van der Waals surface area contributed by atoms with Crippen molar-refractivity contribution in [2.75, 3.05) is 20.1 Å². The van der Waals surface area contributed by atoms with Crippen LogP contribution in [0.5, 0.6) is 0 Å². The van der Waals surface area contributed by atoms with Crippen LogP contribution in [0.4, 0.5) is 0 Å². The van der Waals surface area contributed by atoms with E-state index in [0.29, 0.717) is 18.4 Å². The molecule has 2 atom stereocenters. The zero-order chi connectivity index (χ0) is 10.1. The van der Waals surface area contributed by atoms with E-state index in [1.54, 1.807) is 0 Å². The van der Waals surface area contributed by atoms with Crippen molar-refractivity contribution in [3.8, 4) is 0 Å². The van der Waals surface area contributed by atoms with E-state index in [9.17, 15) is 4.79 Å². The maximum absolute atomic E-state index is 11.8. The van der Waals surface area contributed by atoms with Gasteiger partial charge in [0.15, 0.2) is 0 Å². The van der Waals surface area contributed by atoms with Crippen LogP contribution in [0.25, 0.3) is 0 Å². The molecule has 2 rings (SSSR count). The summed E-state index contributed by atoms with van der Waals surface area (Å²) in [6, 6.07) is 0. The summed E-state index contributed by atoms with van der Waals surface area (Å²) in [5.74, 6) is 1.75. The molecule has 0 spiro atoms. The van der Waals surface area contributed by atoms with E-state index < -0.39 is 0 Å². The average Bonchev–Trinajstić information content (AvgIpc) is 2.41. The fourth-order valence-corrected chi connectivity index (χ4v) is 2.80. The quantitative estimate of drug-likeness (QED) is 0.727. The Balaban J connectivity index is 2.00. The fraction of sp³-hybridized carbons (Fsp3) is 0.909. The van der Waals surface area contributed by atoms with E-state index in [-0.39, 0.29) is 5.92 Å². The third-order valence-electron chi connectivity index (χ3n) is 4.01. The Morgan fingerprint density at radius 2 is 2.21 bits per heavy atom. The molecule has 0 radical (unpaired) electrons. The monoisotopic (exact) mass is 196 g/mol. The Labute approximate surface area is 85.6 Å². The normalized spacial score (nSPS) is 30.6. The summed E-state index contributed by atoms with van der Waals surface area (Å²) in [6.07, 6.45) is 4.93. The summed E-state index contributed by atoms with van der Waals surface area (Å²) >= 11 is 0. The van der Waals surface area contributed by atoms with Crippen molar-refractivity contribution < 1.29 is 4.79 Å². The van der Waals surface area contributed by atoms with Gasteiger partial charge in [0.25, 0.3) is 0 Å². The van der Waals surface area contributed by atoms with E-state index in [1.165, 1.54) is 19.3 Å². The van der Waals surface area contributed by atoms with Crippen molar-refractivity contribution >= 4 is 5.91 Å². The first-order valence-electron chi connectivity index (χ1n) is 5.69. The standard InChI is InChI=1S/C11H20N2O/c1-13-6-5-9(11(13)14)10(7-12)8-3-2-4-8/h8-10H,2-7,12H2,1H3. The minimum absolute atomic E-state index is 0.232. The Morgan fingerprint density at radius 1 is 1.50 bits per heavy atom. The van der Waals surface area contributed by atoms with Crippen molar-refractivity contribution in [2.45, 2.75) is 25.7 Å². The molecule has 3 nitrogen and oxygen atoms in total. The molecule has 1 saturated carbocycles. The summed E-state index contributed by atoms with van der Waals surface area (Å²) in [7, 11) is 1.90. The van der Waals surface area contributed by atoms with Crippen molar-refractivity contribution in [1.29, 1.82) is 0 Å². The molecule has 14 heavy (non-hydrogen) atoms. The predicted octanol–water partition coefficient (Wildman–Crippen LogP) is 0.840. The second-order valence-electron chi connectivity index (χ2n) is 4.75. The molecule has 0 bridgehead atoms. The van der Waals surface area contributed by atoms with Gasteiger partial charge < -0.3 is 10.6 Å². The van der Waals surface area contributed by atoms with Crippen molar-refractivity contribution in [3.05, 3.63) is 0 Å². The van der Waals surface area contributed by atoms with Gasteiger partial charge in [-0.2, -0.15) is 0 Å². The Kier molecular flexibility index (Phi) is 2.77. The predicted molar refractivity (Wildman–Crippen MR) is 55.6 cm³/mol. The SMILES string of the molecule is CN1CCC(C(CN)C2CCC2)C1=O. The van der Waals surface area contributed by atoms with Crippen LogP contribution in [0.1, 0.15) is 25.7 Å². The van der Waals surface area contributed by atoms with E-state index in [4.69, 9.17) is 5.73 Å². The molecule has 0 aromatic carbocycles. The molecule has 1 heterocycles. The first kappa shape index (κ1) is 9.97. The molecule has 2 unspecified atom stereocenters. The first-order chi connectivity index (χ1) is 6.74. The van der Waals surface area contributed by atoms with E-state index in [0.717, 1.165) is 18.9 Å². The van der Waals surface area contributed by atoms with Gasteiger partial charge >= 0.3 is 0 Å². The molecular formula is C11H20N2O. The van der Waals surface area contributed by atoms with E-state index >= 15 is 0 Å². The lowest BCUT2D eigenvalue weighted by atomic mass is 9.70. The number of hydrogen-bond acceptors (Lipinski definition) is 2. The zero-order valence-electron chi connectivity index (χ0n) is 8.91. The fourth-order valence-electron chi connectivity index (χ4n) is 2.80. The molecular weight excluding hydrogens is 176 g/mol. The maximum atomic E-state index is 11.8. The largest absolute Gasteiger partial charge is 0.345 e. The summed E-state index contributed by atoms with van der Waals surface area (Å²) < 4.78 is 0. The van der Waals surface area contributed by atoms with Crippen LogP contribution in [-0.4, -0.2) is 30.9 Å². The lowest BCUT2D eigenvalue weighted by Gasteiger charge is -2.35. The molecule has 2 aliphatic rings. The molecule has 80 valence electrons. The number of amides is 1. The molecule has 3 heteroatoms. The Morgan fingerprint density at radius 3 is 2.57 bits per heavy atom. The van der Waals surface area contributed by atoms with Crippen LogP contribution < -0.4 is 5.73 Å². The maximum Gasteiger partial charge on any atom is 0.225 e. The molecule has 0 aromatic heterocycles. The second kappa shape index (κ2) is 3.89. The van der Waals surface area contributed by atoms with Gasteiger partial charge in [-0.25, -0.2) is 0 Å². The van der Waals surface area contributed by atoms with Gasteiger partial charge in [0.1, 0.15) is 0 Å². The van der Waals surface area contributed by atoms with Crippen molar-refractivity contribution in [2.24, 2.45) is 23.5 Å². The van der Waals surface area contributed by atoms with Crippen LogP contribution in [-0.2, 0) is 4.79 Å². The van der Waals surface area contributed by atoms with E-state index in [1.807, 2.05) is 11.9 Å². The van der Waals surface area contributed by atoms with Gasteiger partial charge in [0, 0.05) is 19.5 Å². The van der Waals surface area contributed by atoms with Gasteiger partial charge in [0.05, 0.1) is 0 Å². The lowest BCUT2D eigenvalue weighted by molar-refractivity contribution is -0.132. The molecule has 1 aliphatic carbocycles. The third kappa shape index (κ3) is 1.54. The molecule has 1 amide bonds. The summed E-state index contributed by atoms with van der Waals surface area (Å²) in [6.45, 7) is 1.61. The number of hydrogen-bond donors (Lipinski definition) is 1. The summed E-state index contributed by atoms with van der Waals surface area (Å²) in [5, 5.41) is 0. The minimum atomic E-state index is 0.232. The number of likely N-dealkylation sites (tertiary alicyclic amines) is 1. The number of rotatable bonds is 3.